The van der Waals surface area contributed by atoms with E-state index in [4.69, 9.17) is 32.7 Å². The Balaban J connectivity index is 1.77. The number of hydrogen-bond acceptors (Lipinski definition) is 3. The summed E-state index contributed by atoms with van der Waals surface area (Å²) < 4.78 is 12.7. The topological polar surface area (TPSA) is 30.5 Å². The largest absolute Gasteiger partial charge is 0.490 e. The summed E-state index contributed by atoms with van der Waals surface area (Å²) in [7, 11) is 0. The molecule has 0 saturated heterocycles. The highest BCUT2D eigenvalue weighted by molar-refractivity contribution is 9.10. The van der Waals surface area contributed by atoms with Gasteiger partial charge in [-0.3, -0.25) is 0 Å². The van der Waals surface area contributed by atoms with Gasteiger partial charge in [0.1, 0.15) is 6.61 Å². The summed E-state index contributed by atoms with van der Waals surface area (Å²) >= 11 is 15.9. The second-order valence-corrected chi connectivity index (χ2v) is 8.23. The Morgan fingerprint density at radius 1 is 1.00 bits per heavy atom. The molecule has 3 nitrogen and oxygen atoms in total. The number of rotatable bonds is 8. The monoisotopic (exact) mass is 493 g/mol. The lowest BCUT2D eigenvalue weighted by Crippen LogP contribution is -2.04. The Bertz CT molecular complexity index is 995. The van der Waals surface area contributed by atoms with Crippen LogP contribution in [0.15, 0.2) is 59.1 Å². The Morgan fingerprint density at radius 3 is 2.52 bits per heavy atom. The Kier molecular flexibility index (Phi) is 7.70. The fraction of sp³-hybridized carbons (Fsp3) is 0.217. The van der Waals surface area contributed by atoms with Crippen molar-refractivity contribution in [1.29, 1.82) is 0 Å². The Hall–Kier alpha value is -1.88. The maximum Gasteiger partial charge on any atom is 0.175 e. The van der Waals surface area contributed by atoms with Gasteiger partial charge in [-0.25, -0.2) is 0 Å². The van der Waals surface area contributed by atoms with Crippen LogP contribution in [0.3, 0.4) is 0 Å². The summed E-state index contributed by atoms with van der Waals surface area (Å²) in [6.07, 6.45) is 0. The van der Waals surface area contributed by atoms with Crippen LogP contribution in [0.5, 0.6) is 11.5 Å². The van der Waals surface area contributed by atoms with Crippen molar-refractivity contribution in [2.45, 2.75) is 27.0 Å². The summed E-state index contributed by atoms with van der Waals surface area (Å²) in [5.74, 6) is 1.34. The van der Waals surface area contributed by atoms with Crippen LogP contribution in [0, 0.1) is 6.92 Å². The summed E-state index contributed by atoms with van der Waals surface area (Å²) in [5.41, 5.74) is 4.26. The fourth-order valence-corrected chi connectivity index (χ4v) is 3.95. The van der Waals surface area contributed by atoms with Gasteiger partial charge >= 0.3 is 0 Å². The molecule has 0 heterocycles. The number of nitrogens with one attached hydrogen (secondary N) is 1. The minimum atomic E-state index is 0.315. The molecule has 0 aromatic heterocycles. The molecule has 0 aliphatic heterocycles. The van der Waals surface area contributed by atoms with E-state index < -0.39 is 0 Å². The average molecular weight is 495 g/mol. The van der Waals surface area contributed by atoms with Crippen molar-refractivity contribution in [1.82, 2.24) is 0 Å². The van der Waals surface area contributed by atoms with Crippen molar-refractivity contribution >= 4 is 44.8 Å². The summed E-state index contributed by atoms with van der Waals surface area (Å²) in [5, 5.41) is 4.64. The van der Waals surface area contributed by atoms with Gasteiger partial charge < -0.3 is 14.8 Å². The first-order chi connectivity index (χ1) is 14.0. The van der Waals surface area contributed by atoms with Crippen molar-refractivity contribution in [2.24, 2.45) is 0 Å². The second kappa shape index (κ2) is 10.2. The quantitative estimate of drug-likeness (QED) is 0.348. The zero-order valence-corrected chi connectivity index (χ0v) is 19.4. The minimum Gasteiger partial charge on any atom is -0.490 e. The molecule has 3 aromatic carbocycles. The standard InChI is InChI=1S/C23H22BrCl2NO2/c1-3-28-22-11-16(13-27-21-7-5-4-6-15(21)2)10-19(24)23(22)29-14-17-8-9-18(25)12-20(17)26/h4-12,27H,3,13-14H2,1-2H3. The van der Waals surface area contributed by atoms with E-state index in [0.717, 1.165) is 21.3 Å². The van der Waals surface area contributed by atoms with E-state index in [-0.39, 0.29) is 0 Å². The lowest BCUT2D eigenvalue weighted by Gasteiger charge is -2.17. The van der Waals surface area contributed by atoms with Crippen molar-refractivity contribution < 1.29 is 9.47 Å². The molecule has 152 valence electrons. The molecule has 0 aliphatic rings. The second-order valence-electron chi connectivity index (χ2n) is 6.53. The molecule has 0 saturated carbocycles. The number of halogens is 3. The zero-order chi connectivity index (χ0) is 20.8. The van der Waals surface area contributed by atoms with Crippen LogP contribution in [0.1, 0.15) is 23.6 Å². The van der Waals surface area contributed by atoms with Crippen molar-refractivity contribution in [3.63, 3.8) is 0 Å². The van der Waals surface area contributed by atoms with Crippen LogP contribution < -0.4 is 14.8 Å². The molecular formula is C23H22BrCl2NO2. The minimum absolute atomic E-state index is 0.315. The molecule has 0 amide bonds. The van der Waals surface area contributed by atoms with Gasteiger partial charge in [-0.15, -0.1) is 0 Å². The maximum atomic E-state index is 6.26. The Morgan fingerprint density at radius 2 is 1.79 bits per heavy atom. The lowest BCUT2D eigenvalue weighted by molar-refractivity contribution is 0.267. The van der Waals surface area contributed by atoms with Gasteiger partial charge in [-0.05, 0) is 71.2 Å². The third kappa shape index (κ3) is 5.81. The van der Waals surface area contributed by atoms with Gasteiger partial charge in [0, 0.05) is 27.8 Å². The molecule has 0 spiro atoms. The van der Waals surface area contributed by atoms with Gasteiger partial charge in [0.2, 0.25) is 0 Å². The number of para-hydroxylation sites is 1. The van der Waals surface area contributed by atoms with Gasteiger partial charge in [0.25, 0.3) is 0 Å². The molecule has 0 bridgehead atoms. The highest BCUT2D eigenvalue weighted by Crippen LogP contribution is 2.38. The molecule has 6 heteroatoms. The molecular weight excluding hydrogens is 473 g/mol. The van der Waals surface area contributed by atoms with E-state index in [1.807, 2.05) is 37.3 Å². The SMILES string of the molecule is CCOc1cc(CNc2ccccc2C)cc(Br)c1OCc1ccc(Cl)cc1Cl. The molecule has 29 heavy (non-hydrogen) atoms. The third-order valence-electron chi connectivity index (χ3n) is 4.38. The first kappa shape index (κ1) is 21.8. The number of aryl methyl sites for hydroxylation is 1. The molecule has 3 rings (SSSR count). The molecule has 0 unspecified atom stereocenters. The lowest BCUT2D eigenvalue weighted by atomic mass is 10.1. The smallest absolute Gasteiger partial charge is 0.175 e. The van der Waals surface area contributed by atoms with Crippen LogP contribution in [-0.4, -0.2) is 6.61 Å². The fourth-order valence-electron chi connectivity index (χ4n) is 2.88. The first-order valence-electron chi connectivity index (χ1n) is 9.29. The van der Waals surface area contributed by atoms with Gasteiger partial charge in [0.05, 0.1) is 11.1 Å². The summed E-state index contributed by atoms with van der Waals surface area (Å²) in [4.78, 5) is 0. The van der Waals surface area contributed by atoms with E-state index in [2.05, 4.69) is 40.3 Å². The molecule has 0 aliphatic carbocycles. The third-order valence-corrected chi connectivity index (χ3v) is 5.56. The Labute approximate surface area is 190 Å². The van der Waals surface area contributed by atoms with Gasteiger partial charge in [-0.1, -0.05) is 47.5 Å². The zero-order valence-electron chi connectivity index (χ0n) is 16.3. The van der Waals surface area contributed by atoms with Crippen molar-refractivity contribution in [3.8, 4) is 11.5 Å². The van der Waals surface area contributed by atoms with Crippen LogP contribution in [-0.2, 0) is 13.2 Å². The number of anilines is 1. The summed E-state index contributed by atoms with van der Waals surface area (Å²) in [6.45, 7) is 5.57. The summed E-state index contributed by atoms with van der Waals surface area (Å²) in [6, 6.07) is 17.6. The predicted octanol–water partition coefficient (Wildman–Crippen LogP) is 7.65. The van der Waals surface area contributed by atoms with E-state index in [0.29, 0.717) is 41.3 Å². The average Bonchev–Trinajstić information content (AvgIpc) is 2.68. The van der Waals surface area contributed by atoms with E-state index >= 15 is 0 Å². The number of hydrogen-bond donors (Lipinski definition) is 1. The molecule has 3 aromatic rings. The molecule has 1 N–H and O–H groups in total. The predicted molar refractivity (Wildman–Crippen MR) is 125 cm³/mol. The van der Waals surface area contributed by atoms with Crippen LogP contribution >= 0.6 is 39.1 Å². The van der Waals surface area contributed by atoms with Crippen LogP contribution in [0.2, 0.25) is 10.0 Å². The molecule has 0 radical (unpaired) electrons. The number of ether oxygens (including phenoxy) is 2. The van der Waals surface area contributed by atoms with E-state index in [1.165, 1.54) is 5.56 Å². The van der Waals surface area contributed by atoms with Crippen molar-refractivity contribution in [2.75, 3.05) is 11.9 Å². The number of benzene rings is 3. The van der Waals surface area contributed by atoms with Crippen LogP contribution in [0.25, 0.3) is 0 Å². The normalized spacial score (nSPS) is 10.7. The van der Waals surface area contributed by atoms with E-state index in [9.17, 15) is 0 Å². The van der Waals surface area contributed by atoms with Gasteiger partial charge in [-0.2, -0.15) is 0 Å². The highest BCUT2D eigenvalue weighted by atomic mass is 79.9. The molecule has 0 atom stereocenters. The van der Waals surface area contributed by atoms with Crippen molar-refractivity contribution in [3.05, 3.63) is 85.8 Å². The van der Waals surface area contributed by atoms with Crippen LogP contribution in [0.4, 0.5) is 5.69 Å². The maximum absolute atomic E-state index is 6.26. The van der Waals surface area contributed by atoms with Gasteiger partial charge in [0.15, 0.2) is 11.5 Å². The molecule has 0 fully saturated rings. The first-order valence-corrected chi connectivity index (χ1v) is 10.8. The van der Waals surface area contributed by atoms with E-state index in [1.54, 1.807) is 12.1 Å². The highest BCUT2D eigenvalue weighted by Gasteiger charge is 2.14.